The first-order chi connectivity index (χ1) is 13.8. The van der Waals surface area contributed by atoms with Crippen LogP contribution < -0.4 is 11.2 Å². The minimum atomic E-state index is -0.702. The molecule has 1 fully saturated rings. The van der Waals surface area contributed by atoms with E-state index in [9.17, 15) is 14.0 Å². The van der Waals surface area contributed by atoms with Crippen LogP contribution in [-0.4, -0.2) is 15.9 Å². The molecule has 7 heteroatoms. The van der Waals surface area contributed by atoms with E-state index in [1.54, 1.807) is 6.07 Å². The van der Waals surface area contributed by atoms with Crippen molar-refractivity contribution in [2.75, 3.05) is 0 Å². The van der Waals surface area contributed by atoms with E-state index in [1.165, 1.54) is 49.4 Å². The molecule has 4 rings (SSSR count). The summed E-state index contributed by atoms with van der Waals surface area (Å²) in [6.45, 7) is 4.20. The summed E-state index contributed by atoms with van der Waals surface area (Å²) in [6, 6.07) is 6.34. The van der Waals surface area contributed by atoms with Crippen LogP contribution in [0.5, 0.6) is 0 Å². The highest BCUT2D eigenvalue weighted by atomic mass is 35.5. The molecule has 0 bridgehead atoms. The van der Waals surface area contributed by atoms with Crippen molar-refractivity contribution in [2.24, 2.45) is 11.7 Å². The van der Waals surface area contributed by atoms with Crippen molar-refractivity contribution < 1.29 is 9.18 Å². The highest BCUT2D eigenvalue weighted by molar-refractivity contribution is 6.31. The van der Waals surface area contributed by atoms with Crippen LogP contribution >= 0.6 is 11.6 Å². The molecule has 0 saturated heterocycles. The van der Waals surface area contributed by atoms with E-state index in [2.05, 4.69) is 16.9 Å². The molecule has 3 N–H and O–H groups in total. The number of amides is 1. The van der Waals surface area contributed by atoms with Crippen LogP contribution in [0.4, 0.5) is 4.39 Å². The Hall–Kier alpha value is -2.73. The van der Waals surface area contributed by atoms with Crippen molar-refractivity contribution >= 4 is 28.4 Å². The van der Waals surface area contributed by atoms with E-state index in [0.717, 1.165) is 11.5 Å². The average molecular weight is 416 g/mol. The SMILES string of the molecule is Cc1c(C2CCC(C)C2)ccc(F)c1Cl.NC(=O)c1nccc2[nH]ccc(=O)c12. The van der Waals surface area contributed by atoms with Crippen LogP contribution in [-0.2, 0) is 0 Å². The molecule has 1 aliphatic carbocycles. The number of nitrogens with zero attached hydrogens (tertiary/aromatic N) is 1. The maximum absolute atomic E-state index is 13.2. The van der Waals surface area contributed by atoms with Gasteiger partial charge in [0.2, 0.25) is 0 Å². The lowest BCUT2D eigenvalue weighted by Gasteiger charge is -2.14. The van der Waals surface area contributed by atoms with Gasteiger partial charge in [0.05, 0.1) is 15.9 Å². The van der Waals surface area contributed by atoms with Crippen molar-refractivity contribution in [3.63, 3.8) is 0 Å². The molecule has 2 atom stereocenters. The average Bonchev–Trinajstić information content (AvgIpc) is 3.12. The molecule has 2 unspecified atom stereocenters. The molecule has 1 aliphatic rings. The lowest BCUT2D eigenvalue weighted by Crippen LogP contribution is -2.17. The van der Waals surface area contributed by atoms with Gasteiger partial charge in [-0.15, -0.1) is 0 Å². The Morgan fingerprint density at radius 1 is 1.28 bits per heavy atom. The van der Waals surface area contributed by atoms with Gasteiger partial charge in [-0.05, 0) is 54.9 Å². The second-order valence-corrected chi connectivity index (χ2v) is 7.86. The molecule has 2 aromatic heterocycles. The van der Waals surface area contributed by atoms with Gasteiger partial charge >= 0.3 is 0 Å². The zero-order valence-corrected chi connectivity index (χ0v) is 17.1. The fourth-order valence-corrected chi connectivity index (χ4v) is 4.08. The van der Waals surface area contributed by atoms with Gasteiger partial charge in [-0.25, -0.2) is 4.39 Å². The number of pyridine rings is 2. The highest BCUT2D eigenvalue weighted by Gasteiger charge is 2.25. The van der Waals surface area contributed by atoms with E-state index >= 15 is 0 Å². The quantitative estimate of drug-likeness (QED) is 0.635. The van der Waals surface area contributed by atoms with Crippen LogP contribution in [0.3, 0.4) is 0 Å². The predicted molar refractivity (Wildman–Crippen MR) is 113 cm³/mol. The fraction of sp³-hybridized carbons (Fsp3) is 0.318. The lowest BCUT2D eigenvalue weighted by atomic mass is 9.92. The number of aromatic nitrogens is 2. The number of fused-ring (bicyclic) bond motifs is 1. The maximum atomic E-state index is 13.2. The number of hydrogen-bond acceptors (Lipinski definition) is 3. The second-order valence-electron chi connectivity index (χ2n) is 7.48. The molecular weight excluding hydrogens is 393 g/mol. The lowest BCUT2D eigenvalue weighted by molar-refractivity contribution is 0.0997. The molecule has 5 nitrogen and oxygen atoms in total. The highest BCUT2D eigenvalue weighted by Crippen LogP contribution is 2.40. The third kappa shape index (κ3) is 4.48. The number of rotatable bonds is 2. The summed E-state index contributed by atoms with van der Waals surface area (Å²) in [5.41, 5.74) is 7.56. The van der Waals surface area contributed by atoms with Gasteiger partial charge in [0.1, 0.15) is 11.5 Å². The molecule has 1 aromatic carbocycles. The van der Waals surface area contributed by atoms with Crippen molar-refractivity contribution in [2.45, 2.75) is 39.0 Å². The Kier molecular flexibility index (Phi) is 6.33. The Labute approximate surface area is 173 Å². The van der Waals surface area contributed by atoms with Gasteiger partial charge in [0.15, 0.2) is 5.43 Å². The summed E-state index contributed by atoms with van der Waals surface area (Å²) in [5.74, 6) is 0.368. The van der Waals surface area contributed by atoms with E-state index in [0.29, 0.717) is 16.5 Å². The molecule has 152 valence electrons. The van der Waals surface area contributed by atoms with Crippen molar-refractivity contribution in [3.05, 3.63) is 74.5 Å². The van der Waals surface area contributed by atoms with Gasteiger partial charge < -0.3 is 10.7 Å². The Balaban J connectivity index is 0.000000166. The molecular formula is C22H23ClFN3O2. The zero-order valence-electron chi connectivity index (χ0n) is 16.3. The molecule has 1 amide bonds. The number of benzene rings is 1. The molecule has 3 aromatic rings. The topological polar surface area (TPSA) is 88.8 Å². The van der Waals surface area contributed by atoms with Gasteiger partial charge in [-0.3, -0.25) is 14.6 Å². The smallest absolute Gasteiger partial charge is 0.268 e. The number of H-pyrrole nitrogens is 1. The van der Waals surface area contributed by atoms with Crippen molar-refractivity contribution in [1.29, 1.82) is 0 Å². The third-order valence-corrected chi connectivity index (χ3v) is 5.88. The second kappa shape index (κ2) is 8.74. The van der Waals surface area contributed by atoms with Crippen LogP contribution in [0.2, 0.25) is 5.02 Å². The normalized spacial score (nSPS) is 18.3. The summed E-state index contributed by atoms with van der Waals surface area (Å²) < 4.78 is 13.2. The minimum Gasteiger partial charge on any atom is -0.364 e. The maximum Gasteiger partial charge on any atom is 0.268 e. The number of hydrogen-bond donors (Lipinski definition) is 2. The predicted octanol–water partition coefficient (Wildman–Crippen LogP) is 4.71. The van der Waals surface area contributed by atoms with Crippen molar-refractivity contribution in [1.82, 2.24) is 9.97 Å². The summed E-state index contributed by atoms with van der Waals surface area (Å²) in [6.07, 6.45) is 6.64. The van der Waals surface area contributed by atoms with Crippen LogP contribution in [0.15, 0.2) is 41.5 Å². The summed E-state index contributed by atoms with van der Waals surface area (Å²) in [7, 11) is 0. The summed E-state index contributed by atoms with van der Waals surface area (Å²) in [5, 5.41) is 0.537. The minimum absolute atomic E-state index is 0.00403. The van der Waals surface area contributed by atoms with Gasteiger partial charge in [0.25, 0.3) is 5.91 Å². The largest absolute Gasteiger partial charge is 0.364 e. The third-order valence-electron chi connectivity index (χ3n) is 5.42. The Morgan fingerprint density at radius 3 is 2.69 bits per heavy atom. The number of carbonyl (C=O) groups excluding carboxylic acids is 1. The van der Waals surface area contributed by atoms with Crippen LogP contribution in [0, 0.1) is 18.7 Å². The molecule has 1 saturated carbocycles. The van der Waals surface area contributed by atoms with Crippen LogP contribution in [0.1, 0.15) is 53.7 Å². The first kappa shape index (κ1) is 21.0. The fourth-order valence-electron chi connectivity index (χ4n) is 3.91. The molecule has 0 radical (unpaired) electrons. The number of carbonyl (C=O) groups is 1. The zero-order chi connectivity index (χ0) is 21.1. The Morgan fingerprint density at radius 2 is 2.03 bits per heavy atom. The number of nitrogens with two attached hydrogens (primary N) is 1. The van der Waals surface area contributed by atoms with Gasteiger partial charge in [0, 0.05) is 18.5 Å². The standard InChI is InChI=1S/C13H16ClF.C9H7N3O2/c1-8-3-4-10(7-8)11-5-6-12(15)13(14)9(11)2;10-9(14)8-7-5(1-3-12-8)11-4-2-6(7)13/h5-6,8,10H,3-4,7H2,1-2H3;1-4H,(H2,10,14)(H,11,13). The van der Waals surface area contributed by atoms with Gasteiger partial charge in [-0.2, -0.15) is 0 Å². The molecule has 0 aliphatic heterocycles. The van der Waals surface area contributed by atoms with E-state index in [4.69, 9.17) is 17.3 Å². The summed E-state index contributed by atoms with van der Waals surface area (Å²) >= 11 is 5.92. The number of nitrogens with one attached hydrogen (secondary N) is 1. The van der Waals surface area contributed by atoms with E-state index in [1.807, 2.05) is 13.0 Å². The number of primary amides is 1. The van der Waals surface area contributed by atoms with Crippen LogP contribution in [0.25, 0.3) is 10.9 Å². The first-order valence-electron chi connectivity index (χ1n) is 9.50. The molecule has 2 heterocycles. The number of aromatic amines is 1. The van der Waals surface area contributed by atoms with E-state index < -0.39 is 5.91 Å². The molecule has 0 spiro atoms. The monoisotopic (exact) mass is 415 g/mol. The van der Waals surface area contributed by atoms with Gasteiger partial charge in [-0.1, -0.05) is 31.0 Å². The summed E-state index contributed by atoms with van der Waals surface area (Å²) in [4.78, 5) is 29.0. The number of halogens is 2. The molecule has 29 heavy (non-hydrogen) atoms. The first-order valence-corrected chi connectivity index (χ1v) is 9.88. The Bertz CT molecular complexity index is 1110. The van der Waals surface area contributed by atoms with Crippen molar-refractivity contribution in [3.8, 4) is 0 Å². The van der Waals surface area contributed by atoms with E-state index in [-0.39, 0.29) is 22.3 Å².